The van der Waals surface area contributed by atoms with Crippen LogP contribution in [-0.4, -0.2) is 32.2 Å². The highest BCUT2D eigenvalue weighted by molar-refractivity contribution is 5.92. The first-order valence-corrected chi connectivity index (χ1v) is 8.57. The first-order chi connectivity index (χ1) is 12.8. The second-order valence-electron chi connectivity index (χ2n) is 6.09. The molecule has 0 atom stereocenters. The van der Waals surface area contributed by atoms with Crippen molar-refractivity contribution in [2.24, 2.45) is 0 Å². The van der Waals surface area contributed by atoms with Crippen molar-refractivity contribution in [1.82, 2.24) is 25.1 Å². The minimum atomic E-state index is -0.173. The molecule has 0 aliphatic rings. The summed E-state index contributed by atoms with van der Waals surface area (Å²) in [4.78, 5) is 20.0. The van der Waals surface area contributed by atoms with Gasteiger partial charge in [0.1, 0.15) is 11.5 Å². The summed E-state index contributed by atoms with van der Waals surface area (Å²) in [6.07, 6.45) is 2.46. The maximum Gasteiger partial charge on any atom is 0.271 e. The third kappa shape index (κ3) is 3.64. The SMILES string of the molecule is O=C(NCCc1nc2ccccc2[nH]1)c1ccn(Cc2ccccc2)n1. The first kappa shape index (κ1) is 16.1. The lowest BCUT2D eigenvalue weighted by molar-refractivity contribution is 0.0948. The Labute approximate surface area is 150 Å². The molecule has 0 aliphatic carbocycles. The fraction of sp³-hybridized carbons (Fsp3) is 0.150. The Balaban J connectivity index is 1.32. The molecule has 2 aromatic carbocycles. The summed E-state index contributed by atoms with van der Waals surface area (Å²) in [5.74, 6) is 0.689. The van der Waals surface area contributed by atoms with Crippen LogP contribution < -0.4 is 5.32 Å². The molecule has 0 fully saturated rings. The molecule has 4 rings (SSSR count). The van der Waals surface area contributed by atoms with Crippen LogP contribution in [0.4, 0.5) is 0 Å². The highest BCUT2D eigenvalue weighted by Gasteiger charge is 2.10. The molecule has 0 aliphatic heterocycles. The predicted molar refractivity (Wildman–Crippen MR) is 99.9 cm³/mol. The summed E-state index contributed by atoms with van der Waals surface area (Å²) in [5.41, 5.74) is 3.51. The molecule has 0 bridgehead atoms. The van der Waals surface area contributed by atoms with Gasteiger partial charge in [0, 0.05) is 19.2 Å². The standard InChI is InChI=1S/C20H19N5O/c26-20(18-11-13-25(24-18)14-15-6-2-1-3-7-15)21-12-10-19-22-16-8-4-5-9-17(16)23-19/h1-9,11,13H,10,12,14H2,(H,21,26)(H,22,23). The molecule has 0 saturated heterocycles. The summed E-state index contributed by atoms with van der Waals surface area (Å²) in [7, 11) is 0. The monoisotopic (exact) mass is 345 g/mol. The van der Waals surface area contributed by atoms with Crippen LogP contribution in [0.1, 0.15) is 21.9 Å². The average molecular weight is 345 g/mol. The first-order valence-electron chi connectivity index (χ1n) is 8.57. The average Bonchev–Trinajstić information content (AvgIpc) is 3.29. The molecule has 2 aromatic heterocycles. The van der Waals surface area contributed by atoms with Gasteiger partial charge in [-0.05, 0) is 23.8 Å². The molecule has 26 heavy (non-hydrogen) atoms. The Kier molecular flexibility index (Phi) is 4.47. The number of fused-ring (bicyclic) bond motifs is 1. The predicted octanol–water partition coefficient (Wildman–Crippen LogP) is 2.78. The van der Waals surface area contributed by atoms with Crippen molar-refractivity contribution >= 4 is 16.9 Å². The third-order valence-electron chi connectivity index (χ3n) is 4.15. The zero-order chi connectivity index (χ0) is 17.8. The van der Waals surface area contributed by atoms with Crippen LogP contribution in [0.2, 0.25) is 0 Å². The molecule has 0 unspecified atom stereocenters. The molecule has 2 N–H and O–H groups in total. The number of carbonyl (C=O) groups is 1. The maximum atomic E-state index is 12.3. The third-order valence-corrected chi connectivity index (χ3v) is 4.15. The number of aromatic nitrogens is 4. The molecule has 6 nitrogen and oxygen atoms in total. The highest BCUT2D eigenvalue weighted by atomic mass is 16.1. The van der Waals surface area contributed by atoms with Gasteiger partial charge in [-0.1, -0.05) is 42.5 Å². The molecule has 0 radical (unpaired) electrons. The van der Waals surface area contributed by atoms with Gasteiger partial charge in [-0.3, -0.25) is 9.48 Å². The van der Waals surface area contributed by atoms with Crippen LogP contribution in [-0.2, 0) is 13.0 Å². The zero-order valence-electron chi connectivity index (χ0n) is 14.2. The van der Waals surface area contributed by atoms with Crippen molar-refractivity contribution in [2.45, 2.75) is 13.0 Å². The van der Waals surface area contributed by atoms with Gasteiger partial charge >= 0.3 is 0 Å². The summed E-state index contributed by atoms with van der Waals surface area (Å²) in [6, 6.07) is 19.7. The van der Waals surface area contributed by atoms with Crippen LogP contribution in [0.25, 0.3) is 11.0 Å². The quantitative estimate of drug-likeness (QED) is 0.564. The number of nitrogens with zero attached hydrogens (tertiary/aromatic N) is 3. The molecule has 2 heterocycles. The van der Waals surface area contributed by atoms with Gasteiger partial charge in [0.25, 0.3) is 5.91 Å². The summed E-state index contributed by atoms with van der Waals surface area (Å²) < 4.78 is 1.77. The van der Waals surface area contributed by atoms with Crippen molar-refractivity contribution in [3.05, 3.63) is 83.9 Å². The molecule has 0 saturated carbocycles. The van der Waals surface area contributed by atoms with E-state index in [-0.39, 0.29) is 5.91 Å². The Bertz CT molecular complexity index is 986. The van der Waals surface area contributed by atoms with Crippen LogP contribution in [0, 0.1) is 0 Å². The van der Waals surface area contributed by atoms with Gasteiger partial charge in [0.2, 0.25) is 0 Å². The number of para-hydroxylation sites is 2. The molecule has 130 valence electrons. The fourth-order valence-corrected chi connectivity index (χ4v) is 2.85. The van der Waals surface area contributed by atoms with Gasteiger partial charge in [-0.15, -0.1) is 0 Å². The van der Waals surface area contributed by atoms with Crippen LogP contribution in [0.15, 0.2) is 66.9 Å². The summed E-state index contributed by atoms with van der Waals surface area (Å²) in [5, 5.41) is 7.24. The van der Waals surface area contributed by atoms with Crippen molar-refractivity contribution in [2.75, 3.05) is 6.54 Å². The Morgan fingerprint density at radius 1 is 1.04 bits per heavy atom. The van der Waals surface area contributed by atoms with Crippen molar-refractivity contribution in [3.63, 3.8) is 0 Å². The van der Waals surface area contributed by atoms with Crippen molar-refractivity contribution in [3.8, 4) is 0 Å². The number of amides is 1. The minimum absolute atomic E-state index is 0.173. The van der Waals surface area contributed by atoms with Gasteiger partial charge in [-0.25, -0.2) is 4.98 Å². The van der Waals surface area contributed by atoms with E-state index in [9.17, 15) is 4.79 Å². The van der Waals surface area contributed by atoms with Crippen LogP contribution in [0.3, 0.4) is 0 Å². The zero-order valence-corrected chi connectivity index (χ0v) is 14.2. The van der Waals surface area contributed by atoms with E-state index in [1.165, 1.54) is 0 Å². The Morgan fingerprint density at radius 2 is 1.85 bits per heavy atom. The summed E-state index contributed by atoms with van der Waals surface area (Å²) >= 11 is 0. The molecule has 1 amide bonds. The van der Waals surface area contributed by atoms with Gasteiger partial charge in [-0.2, -0.15) is 5.10 Å². The second-order valence-corrected chi connectivity index (χ2v) is 6.09. The van der Waals surface area contributed by atoms with E-state index in [4.69, 9.17) is 0 Å². The number of nitrogens with one attached hydrogen (secondary N) is 2. The van der Waals surface area contributed by atoms with Gasteiger partial charge < -0.3 is 10.3 Å². The largest absolute Gasteiger partial charge is 0.350 e. The number of H-pyrrole nitrogens is 1. The number of benzene rings is 2. The number of carbonyl (C=O) groups excluding carboxylic acids is 1. The molecule has 4 aromatic rings. The molecule has 0 spiro atoms. The number of aromatic amines is 1. The Morgan fingerprint density at radius 3 is 2.69 bits per heavy atom. The highest BCUT2D eigenvalue weighted by Crippen LogP contribution is 2.10. The van der Waals surface area contributed by atoms with Crippen molar-refractivity contribution in [1.29, 1.82) is 0 Å². The molecular weight excluding hydrogens is 326 g/mol. The van der Waals surface area contributed by atoms with E-state index in [0.29, 0.717) is 25.2 Å². The number of hydrogen-bond acceptors (Lipinski definition) is 3. The van der Waals surface area contributed by atoms with E-state index in [1.807, 2.05) is 60.8 Å². The summed E-state index contributed by atoms with van der Waals surface area (Å²) in [6.45, 7) is 1.15. The van der Waals surface area contributed by atoms with E-state index in [2.05, 4.69) is 20.4 Å². The normalized spacial score (nSPS) is 10.9. The minimum Gasteiger partial charge on any atom is -0.350 e. The van der Waals surface area contributed by atoms with Crippen LogP contribution in [0.5, 0.6) is 0 Å². The molecule has 6 heteroatoms. The topological polar surface area (TPSA) is 75.6 Å². The lowest BCUT2D eigenvalue weighted by Gasteiger charge is -2.02. The van der Waals surface area contributed by atoms with E-state index >= 15 is 0 Å². The molecular formula is C20H19N5O. The fourth-order valence-electron chi connectivity index (χ4n) is 2.85. The number of hydrogen-bond donors (Lipinski definition) is 2. The van der Waals surface area contributed by atoms with E-state index in [0.717, 1.165) is 22.4 Å². The lowest BCUT2D eigenvalue weighted by Crippen LogP contribution is -2.26. The Hall–Kier alpha value is -3.41. The van der Waals surface area contributed by atoms with E-state index < -0.39 is 0 Å². The smallest absolute Gasteiger partial charge is 0.271 e. The number of imidazole rings is 1. The van der Waals surface area contributed by atoms with E-state index in [1.54, 1.807) is 10.7 Å². The maximum absolute atomic E-state index is 12.3. The van der Waals surface area contributed by atoms with Gasteiger partial charge in [0.15, 0.2) is 0 Å². The lowest BCUT2D eigenvalue weighted by atomic mass is 10.2. The van der Waals surface area contributed by atoms with Crippen LogP contribution >= 0.6 is 0 Å². The number of rotatable bonds is 6. The second kappa shape index (κ2) is 7.23. The van der Waals surface area contributed by atoms with Crippen molar-refractivity contribution < 1.29 is 4.79 Å². The van der Waals surface area contributed by atoms with Gasteiger partial charge in [0.05, 0.1) is 17.6 Å².